The van der Waals surface area contributed by atoms with E-state index in [1.54, 1.807) is 6.92 Å². The predicted molar refractivity (Wildman–Crippen MR) is 58.6 cm³/mol. The van der Waals surface area contributed by atoms with E-state index < -0.39 is 6.10 Å². The minimum atomic E-state index is -0.406. The number of aliphatic hydroxyl groups is 1. The molecule has 0 aromatic rings. The zero-order valence-corrected chi connectivity index (χ0v) is 9.48. The van der Waals surface area contributed by atoms with Gasteiger partial charge in [-0.3, -0.25) is 0 Å². The van der Waals surface area contributed by atoms with E-state index in [9.17, 15) is 5.11 Å². The highest BCUT2D eigenvalue weighted by atomic mass is 16.5. The summed E-state index contributed by atoms with van der Waals surface area (Å²) < 4.78 is 5.37. The molecule has 3 N–H and O–H groups in total. The molecular weight excluding hydrogens is 192 g/mol. The minimum absolute atomic E-state index is 0.109. The van der Waals surface area contributed by atoms with E-state index in [0.717, 1.165) is 32.8 Å². The van der Waals surface area contributed by atoms with Crippen LogP contribution in [-0.4, -0.2) is 55.0 Å². The summed E-state index contributed by atoms with van der Waals surface area (Å²) in [7, 11) is 0. The molecule has 0 radical (unpaired) electrons. The van der Waals surface area contributed by atoms with Gasteiger partial charge in [0.2, 0.25) is 0 Å². The first kappa shape index (κ1) is 11.3. The third-order valence-electron chi connectivity index (χ3n) is 3.76. The van der Waals surface area contributed by atoms with Crippen molar-refractivity contribution in [2.24, 2.45) is 11.1 Å². The summed E-state index contributed by atoms with van der Waals surface area (Å²) in [6.07, 6.45) is 1.97. The molecule has 0 aromatic heterocycles. The van der Waals surface area contributed by atoms with E-state index in [4.69, 9.17) is 10.5 Å². The molecule has 1 spiro atoms. The number of likely N-dealkylation sites (tertiary alicyclic amines) is 1. The molecule has 2 aliphatic rings. The fraction of sp³-hybridized carbons (Fsp3) is 1.00. The summed E-state index contributed by atoms with van der Waals surface area (Å²) in [4.78, 5) is 2.35. The lowest BCUT2D eigenvalue weighted by molar-refractivity contribution is -0.0849. The Hall–Kier alpha value is -0.160. The van der Waals surface area contributed by atoms with Gasteiger partial charge in [-0.15, -0.1) is 0 Å². The second-order valence-electron chi connectivity index (χ2n) is 5.19. The Labute approximate surface area is 91.4 Å². The van der Waals surface area contributed by atoms with Crippen molar-refractivity contribution < 1.29 is 9.84 Å². The van der Waals surface area contributed by atoms with Crippen LogP contribution in [0.1, 0.15) is 19.8 Å². The molecule has 4 heteroatoms. The number of ether oxygens (including phenoxy) is 1. The van der Waals surface area contributed by atoms with Crippen LogP contribution in [0.15, 0.2) is 0 Å². The Morgan fingerprint density at radius 3 is 2.53 bits per heavy atom. The molecule has 4 nitrogen and oxygen atoms in total. The smallest absolute Gasteiger partial charge is 0.0675 e. The second kappa shape index (κ2) is 4.37. The lowest BCUT2D eigenvalue weighted by Crippen LogP contribution is -2.61. The SMILES string of the molecule is CC(O)C(N)CN1CC2(CCOCC2)C1. The zero-order valence-electron chi connectivity index (χ0n) is 9.48. The lowest BCUT2D eigenvalue weighted by Gasteiger charge is -2.53. The van der Waals surface area contributed by atoms with E-state index in [0.29, 0.717) is 5.41 Å². The van der Waals surface area contributed by atoms with E-state index in [2.05, 4.69) is 4.90 Å². The maximum atomic E-state index is 9.32. The van der Waals surface area contributed by atoms with Crippen LogP contribution in [0.5, 0.6) is 0 Å². The zero-order chi connectivity index (χ0) is 10.9. The Bertz CT molecular complexity index is 207. The lowest BCUT2D eigenvalue weighted by atomic mass is 9.73. The Morgan fingerprint density at radius 2 is 2.00 bits per heavy atom. The van der Waals surface area contributed by atoms with Gasteiger partial charge in [0.1, 0.15) is 0 Å². The topological polar surface area (TPSA) is 58.7 Å². The van der Waals surface area contributed by atoms with Crippen molar-refractivity contribution in [3.63, 3.8) is 0 Å². The summed E-state index contributed by atoms with van der Waals surface area (Å²) in [6, 6.07) is -0.109. The van der Waals surface area contributed by atoms with Gasteiger partial charge in [0, 0.05) is 44.3 Å². The van der Waals surface area contributed by atoms with Crippen molar-refractivity contribution in [3.8, 4) is 0 Å². The highest BCUT2D eigenvalue weighted by molar-refractivity contribution is 4.97. The van der Waals surface area contributed by atoms with E-state index in [1.807, 2.05) is 0 Å². The molecule has 2 unspecified atom stereocenters. The van der Waals surface area contributed by atoms with Gasteiger partial charge < -0.3 is 20.5 Å². The molecule has 0 amide bonds. The van der Waals surface area contributed by atoms with Gasteiger partial charge in [0.15, 0.2) is 0 Å². The number of nitrogens with zero attached hydrogens (tertiary/aromatic N) is 1. The third-order valence-corrected chi connectivity index (χ3v) is 3.76. The largest absolute Gasteiger partial charge is 0.392 e. The van der Waals surface area contributed by atoms with Crippen LogP contribution >= 0.6 is 0 Å². The Kier molecular flexibility index (Phi) is 3.30. The molecule has 2 heterocycles. The fourth-order valence-corrected chi connectivity index (χ4v) is 2.60. The molecule has 0 aromatic carbocycles. The summed E-state index contributed by atoms with van der Waals surface area (Å²) in [5.74, 6) is 0. The number of rotatable bonds is 3. The molecule has 15 heavy (non-hydrogen) atoms. The average molecular weight is 214 g/mol. The Morgan fingerprint density at radius 1 is 1.40 bits per heavy atom. The van der Waals surface area contributed by atoms with Gasteiger partial charge in [-0.05, 0) is 19.8 Å². The minimum Gasteiger partial charge on any atom is -0.392 e. The van der Waals surface area contributed by atoms with Gasteiger partial charge in [-0.25, -0.2) is 0 Å². The molecule has 2 fully saturated rings. The van der Waals surface area contributed by atoms with Gasteiger partial charge in [0.05, 0.1) is 6.10 Å². The first-order valence-electron chi connectivity index (χ1n) is 5.85. The Balaban J connectivity index is 1.72. The van der Waals surface area contributed by atoms with Crippen molar-refractivity contribution in [1.29, 1.82) is 0 Å². The predicted octanol–water partition coefficient (Wildman–Crippen LogP) is -0.193. The van der Waals surface area contributed by atoms with Crippen molar-refractivity contribution in [2.75, 3.05) is 32.8 Å². The summed E-state index contributed by atoms with van der Waals surface area (Å²) in [6.45, 7) is 6.68. The summed E-state index contributed by atoms with van der Waals surface area (Å²) in [5, 5.41) is 9.32. The van der Waals surface area contributed by atoms with Crippen LogP contribution < -0.4 is 5.73 Å². The number of hydrogen-bond acceptors (Lipinski definition) is 4. The van der Waals surface area contributed by atoms with Gasteiger partial charge in [-0.2, -0.15) is 0 Å². The molecular formula is C11H22N2O2. The molecule has 0 bridgehead atoms. The normalized spacial score (nSPS) is 29.8. The second-order valence-corrected chi connectivity index (χ2v) is 5.19. The molecule has 2 atom stereocenters. The standard InChI is InChI=1S/C11H22N2O2/c1-9(14)10(12)6-13-7-11(8-13)2-4-15-5-3-11/h9-10,14H,2-8,12H2,1H3. The first-order valence-corrected chi connectivity index (χ1v) is 5.85. The average Bonchev–Trinajstić information content (AvgIpc) is 2.16. The fourth-order valence-electron chi connectivity index (χ4n) is 2.60. The monoisotopic (exact) mass is 214 g/mol. The molecule has 0 aliphatic carbocycles. The van der Waals surface area contributed by atoms with Gasteiger partial charge in [-0.1, -0.05) is 0 Å². The van der Waals surface area contributed by atoms with Crippen LogP contribution in [0.3, 0.4) is 0 Å². The first-order chi connectivity index (χ1) is 7.11. The van der Waals surface area contributed by atoms with E-state index >= 15 is 0 Å². The molecule has 88 valence electrons. The summed E-state index contributed by atoms with van der Waals surface area (Å²) in [5.41, 5.74) is 6.34. The quantitative estimate of drug-likeness (QED) is 0.683. The number of nitrogens with two attached hydrogens (primary N) is 1. The third kappa shape index (κ3) is 2.50. The maximum absolute atomic E-state index is 9.32. The van der Waals surface area contributed by atoms with Crippen molar-refractivity contribution >= 4 is 0 Å². The molecule has 2 saturated heterocycles. The number of hydrogen-bond donors (Lipinski definition) is 2. The highest BCUT2D eigenvalue weighted by Gasteiger charge is 2.43. The van der Waals surface area contributed by atoms with Crippen molar-refractivity contribution in [3.05, 3.63) is 0 Å². The van der Waals surface area contributed by atoms with Gasteiger partial charge in [0.25, 0.3) is 0 Å². The van der Waals surface area contributed by atoms with Crippen molar-refractivity contribution in [1.82, 2.24) is 4.90 Å². The van der Waals surface area contributed by atoms with E-state index in [1.165, 1.54) is 12.8 Å². The van der Waals surface area contributed by atoms with Crippen LogP contribution in [0.25, 0.3) is 0 Å². The van der Waals surface area contributed by atoms with Crippen LogP contribution in [-0.2, 0) is 4.74 Å². The molecule has 0 saturated carbocycles. The highest BCUT2D eigenvalue weighted by Crippen LogP contribution is 2.39. The molecule has 2 aliphatic heterocycles. The summed E-state index contributed by atoms with van der Waals surface area (Å²) >= 11 is 0. The van der Waals surface area contributed by atoms with Crippen molar-refractivity contribution in [2.45, 2.75) is 31.9 Å². The number of aliphatic hydroxyl groups excluding tert-OH is 1. The van der Waals surface area contributed by atoms with Crippen LogP contribution in [0.2, 0.25) is 0 Å². The maximum Gasteiger partial charge on any atom is 0.0675 e. The van der Waals surface area contributed by atoms with E-state index in [-0.39, 0.29) is 6.04 Å². The van der Waals surface area contributed by atoms with Crippen LogP contribution in [0, 0.1) is 5.41 Å². The molecule has 2 rings (SSSR count). The van der Waals surface area contributed by atoms with Gasteiger partial charge >= 0.3 is 0 Å². The van der Waals surface area contributed by atoms with Crippen LogP contribution in [0.4, 0.5) is 0 Å².